The van der Waals surface area contributed by atoms with Crippen LogP contribution < -0.4 is 5.32 Å². The summed E-state index contributed by atoms with van der Waals surface area (Å²) in [7, 11) is 1.93. The first-order valence-corrected chi connectivity index (χ1v) is 10.5. The Morgan fingerprint density at radius 1 is 1.06 bits per heavy atom. The maximum atomic E-state index is 12.2. The van der Waals surface area contributed by atoms with E-state index in [-0.39, 0.29) is 19.1 Å². The number of nitrogens with one attached hydrogen (secondary N) is 1. The first kappa shape index (κ1) is 21.0. The molecule has 1 heterocycles. The number of pyridine rings is 1. The number of hydrogen-bond donors (Lipinski definition) is 2. The van der Waals surface area contributed by atoms with Gasteiger partial charge in [-0.2, -0.15) is 0 Å². The lowest BCUT2D eigenvalue weighted by molar-refractivity contribution is 0.108. The average Bonchev–Trinajstić information content (AvgIpc) is 3.11. The van der Waals surface area contributed by atoms with Gasteiger partial charge in [-0.15, -0.1) is 0 Å². The lowest BCUT2D eigenvalue weighted by Gasteiger charge is -2.21. The van der Waals surface area contributed by atoms with Gasteiger partial charge in [-0.3, -0.25) is 9.88 Å². The van der Waals surface area contributed by atoms with Crippen LogP contribution in [0.4, 0.5) is 4.79 Å². The number of ether oxygens (including phenoxy) is 1. The largest absolute Gasteiger partial charge is 0.449 e. The Kier molecular flexibility index (Phi) is 6.60. The zero-order valence-electron chi connectivity index (χ0n) is 17.6. The maximum Gasteiger partial charge on any atom is 0.407 e. The topological polar surface area (TPSA) is 74.7 Å². The molecule has 160 valence electrons. The first-order valence-electron chi connectivity index (χ1n) is 10.5. The number of carbonyl (C=O) groups is 1. The van der Waals surface area contributed by atoms with Gasteiger partial charge >= 0.3 is 6.09 Å². The van der Waals surface area contributed by atoms with E-state index < -0.39 is 12.2 Å². The number of benzene rings is 2. The van der Waals surface area contributed by atoms with Gasteiger partial charge < -0.3 is 15.2 Å². The second-order valence-electron chi connectivity index (χ2n) is 7.91. The zero-order valence-corrected chi connectivity index (χ0v) is 17.6. The van der Waals surface area contributed by atoms with Crippen LogP contribution in [0, 0.1) is 0 Å². The minimum absolute atomic E-state index is 0.0227. The van der Waals surface area contributed by atoms with Crippen molar-refractivity contribution in [3.8, 4) is 11.1 Å². The summed E-state index contributed by atoms with van der Waals surface area (Å²) in [4.78, 5) is 18.2. The monoisotopic (exact) mass is 417 g/mol. The fourth-order valence-electron chi connectivity index (χ4n) is 4.14. The van der Waals surface area contributed by atoms with Gasteiger partial charge in [-0.25, -0.2) is 4.79 Å². The van der Waals surface area contributed by atoms with Crippen molar-refractivity contribution in [1.29, 1.82) is 0 Å². The SMILES string of the molecule is CN(Cc1ccncc1)CC(O)CNC(=O)OCC1c2ccccc2-c2ccccc21. The van der Waals surface area contributed by atoms with Crippen molar-refractivity contribution in [2.75, 3.05) is 26.7 Å². The smallest absolute Gasteiger partial charge is 0.407 e. The third-order valence-corrected chi connectivity index (χ3v) is 5.55. The predicted molar refractivity (Wildman–Crippen MR) is 120 cm³/mol. The van der Waals surface area contributed by atoms with E-state index in [0.29, 0.717) is 13.1 Å². The molecule has 0 saturated carbocycles. The van der Waals surface area contributed by atoms with Crippen molar-refractivity contribution < 1.29 is 14.6 Å². The van der Waals surface area contributed by atoms with Gasteiger partial charge in [0.2, 0.25) is 0 Å². The normalized spacial score (nSPS) is 13.5. The van der Waals surface area contributed by atoms with E-state index in [1.54, 1.807) is 12.4 Å². The van der Waals surface area contributed by atoms with Gasteiger partial charge in [0.15, 0.2) is 0 Å². The van der Waals surface area contributed by atoms with Gasteiger partial charge in [0.1, 0.15) is 6.61 Å². The fourth-order valence-corrected chi connectivity index (χ4v) is 4.14. The number of likely N-dealkylation sites (N-methyl/N-ethyl adjacent to an activating group) is 1. The van der Waals surface area contributed by atoms with Gasteiger partial charge in [-0.1, -0.05) is 48.5 Å². The summed E-state index contributed by atoms with van der Waals surface area (Å²) >= 11 is 0. The summed E-state index contributed by atoms with van der Waals surface area (Å²) in [5.41, 5.74) is 5.86. The van der Waals surface area contributed by atoms with E-state index in [1.165, 1.54) is 22.3 Å². The molecule has 6 heteroatoms. The van der Waals surface area contributed by atoms with Crippen LogP contribution in [0.3, 0.4) is 0 Å². The molecule has 1 atom stereocenters. The van der Waals surface area contributed by atoms with Crippen LogP contribution in [0.1, 0.15) is 22.6 Å². The number of nitrogens with zero attached hydrogens (tertiary/aromatic N) is 2. The van der Waals surface area contributed by atoms with Crippen LogP contribution in [-0.2, 0) is 11.3 Å². The molecule has 1 amide bonds. The summed E-state index contributed by atoms with van der Waals surface area (Å²) in [6.45, 7) is 1.53. The van der Waals surface area contributed by atoms with Gasteiger partial charge in [-0.05, 0) is 47.0 Å². The van der Waals surface area contributed by atoms with Crippen LogP contribution in [0.5, 0.6) is 0 Å². The molecule has 6 nitrogen and oxygen atoms in total. The van der Waals surface area contributed by atoms with Crippen LogP contribution in [0.25, 0.3) is 11.1 Å². The zero-order chi connectivity index (χ0) is 21.6. The molecule has 0 spiro atoms. The Bertz CT molecular complexity index is 980. The number of aliphatic hydroxyl groups is 1. The number of hydrogen-bond acceptors (Lipinski definition) is 5. The van der Waals surface area contributed by atoms with Crippen molar-refractivity contribution in [1.82, 2.24) is 15.2 Å². The molecule has 31 heavy (non-hydrogen) atoms. The Morgan fingerprint density at radius 3 is 2.32 bits per heavy atom. The number of aliphatic hydroxyl groups excluding tert-OH is 1. The van der Waals surface area contributed by atoms with Gasteiger partial charge in [0.05, 0.1) is 6.10 Å². The molecule has 1 unspecified atom stereocenters. The fraction of sp³-hybridized carbons (Fsp3) is 0.280. The van der Waals surface area contributed by atoms with Gasteiger partial charge in [0, 0.05) is 37.9 Å². The molecule has 0 aliphatic heterocycles. The van der Waals surface area contributed by atoms with E-state index in [1.807, 2.05) is 48.3 Å². The van der Waals surface area contributed by atoms with E-state index >= 15 is 0 Å². The molecule has 1 aliphatic rings. The Balaban J connectivity index is 1.25. The van der Waals surface area contributed by atoms with E-state index in [0.717, 1.165) is 5.56 Å². The summed E-state index contributed by atoms with van der Waals surface area (Å²) in [5, 5.41) is 12.9. The third kappa shape index (κ3) is 5.10. The van der Waals surface area contributed by atoms with Crippen molar-refractivity contribution in [3.63, 3.8) is 0 Å². The van der Waals surface area contributed by atoms with Crippen LogP contribution in [0.15, 0.2) is 73.1 Å². The second kappa shape index (κ2) is 9.73. The summed E-state index contributed by atoms with van der Waals surface area (Å²) in [6, 6.07) is 20.3. The number of rotatable bonds is 8. The molecular weight excluding hydrogens is 390 g/mol. The Labute approximate surface area is 182 Å². The highest BCUT2D eigenvalue weighted by Crippen LogP contribution is 2.44. The number of carbonyl (C=O) groups excluding carboxylic acids is 1. The molecule has 2 N–H and O–H groups in total. The summed E-state index contributed by atoms with van der Waals surface area (Å²) in [6.07, 6.45) is 2.29. The van der Waals surface area contributed by atoms with Crippen LogP contribution >= 0.6 is 0 Å². The number of alkyl carbamates (subject to hydrolysis) is 1. The number of fused-ring (bicyclic) bond motifs is 3. The lowest BCUT2D eigenvalue weighted by Crippen LogP contribution is -2.39. The molecule has 0 bridgehead atoms. The summed E-state index contributed by atoms with van der Waals surface area (Å²) in [5.74, 6) is 0.0227. The Hall–Kier alpha value is -3.22. The Morgan fingerprint density at radius 2 is 1.68 bits per heavy atom. The van der Waals surface area contributed by atoms with Crippen molar-refractivity contribution in [2.45, 2.75) is 18.6 Å². The molecule has 2 aromatic carbocycles. The highest BCUT2D eigenvalue weighted by atomic mass is 16.5. The molecule has 1 aromatic heterocycles. The molecule has 0 radical (unpaired) electrons. The molecule has 0 saturated heterocycles. The highest BCUT2D eigenvalue weighted by molar-refractivity contribution is 5.79. The molecule has 1 aliphatic carbocycles. The minimum Gasteiger partial charge on any atom is -0.449 e. The molecule has 3 aromatic rings. The van der Waals surface area contributed by atoms with Crippen molar-refractivity contribution >= 4 is 6.09 Å². The van der Waals surface area contributed by atoms with Crippen LogP contribution in [-0.4, -0.2) is 53.9 Å². The van der Waals surface area contributed by atoms with E-state index in [2.05, 4.69) is 34.6 Å². The molecular formula is C25H27N3O3. The van der Waals surface area contributed by atoms with Crippen LogP contribution in [0.2, 0.25) is 0 Å². The molecule has 4 rings (SSSR count). The first-order chi connectivity index (χ1) is 15.1. The van der Waals surface area contributed by atoms with Gasteiger partial charge in [0.25, 0.3) is 0 Å². The number of aromatic nitrogens is 1. The maximum absolute atomic E-state index is 12.2. The highest BCUT2D eigenvalue weighted by Gasteiger charge is 2.29. The quantitative estimate of drug-likeness (QED) is 0.588. The average molecular weight is 418 g/mol. The van der Waals surface area contributed by atoms with Crippen molar-refractivity contribution in [2.24, 2.45) is 0 Å². The number of amides is 1. The lowest BCUT2D eigenvalue weighted by atomic mass is 9.98. The second-order valence-corrected chi connectivity index (χ2v) is 7.91. The van der Waals surface area contributed by atoms with E-state index in [9.17, 15) is 9.90 Å². The third-order valence-electron chi connectivity index (χ3n) is 5.55. The van der Waals surface area contributed by atoms with Crippen molar-refractivity contribution in [3.05, 3.63) is 89.7 Å². The minimum atomic E-state index is -0.688. The molecule has 0 fully saturated rings. The summed E-state index contributed by atoms with van der Waals surface area (Å²) < 4.78 is 5.51. The van der Waals surface area contributed by atoms with E-state index in [4.69, 9.17) is 4.74 Å². The predicted octanol–water partition coefficient (Wildman–Crippen LogP) is 3.41. The standard InChI is InChI=1S/C25H27N3O3/c1-28(15-18-10-12-26-13-11-18)16-19(29)14-27-25(30)31-17-24-22-8-4-2-6-20(22)21-7-3-5-9-23(21)24/h2-13,19,24,29H,14-17H2,1H3,(H,27,30).